The average Bonchev–Trinajstić information content (AvgIpc) is 3.57. The second kappa shape index (κ2) is 14.1. The van der Waals surface area contributed by atoms with Crippen molar-refractivity contribution in [1.82, 2.24) is 10.6 Å². The van der Waals surface area contributed by atoms with Crippen LogP contribution in [0.3, 0.4) is 0 Å². The molecule has 2 saturated heterocycles. The summed E-state index contributed by atoms with van der Waals surface area (Å²) in [6, 6.07) is 1.98. The molecule has 3 rings (SSSR count). The lowest BCUT2D eigenvalue weighted by Gasteiger charge is -2.25. The lowest BCUT2D eigenvalue weighted by atomic mass is 9.89. The van der Waals surface area contributed by atoms with E-state index in [0.29, 0.717) is 32.4 Å². The van der Waals surface area contributed by atoms with Crippen molar-refractivity contribution in [3.8, 4) is 0 Å². The Bertz CT molecular complexity index is 1150. The number of rotatable bonds is 13. The molecule has 2 aliphatic heterocycles. The molecule has 226 valence electrons. The molecular weight excluding hydrogens is 545 g/mol. The molecule has 0 aliphatic carbocycles. The van der Waals surface area contributed by atoms with Gasteiger partial charge in [0.2, 0.25) is 11.8 Å². The van der Waals surface area contributed by atoms with Gasteiger partial charge in [0, 0.05) is 31.4 Å². The van der Waals surface area contributed by atoms with E-state index in [1.54, 1.807) is 0 Å². The monoisotopic (exact) mass is 582 g/mol. The Kier molecular flexibility index (Phi) is 11.1. The van der Waals surface area contributed by atoms with Crippen molar-refractivity contribution < 1.29 is 46.6 Å². The quantitative estimate of drug-likeness (QED) is 0.341. The normalized spacial score (nSPS) is 20.4. The van der Waals surface area contributed by atoms with Crippen molar-refractivity contribution >= 4 is 29.4 Å². The summed E-state index contributed by atoms with van der Waals surface area (Å²) in [5, 5.41) is 5.30. The van der Waals surface area contributed by atoms with Gasteiger partial charge < -0.3 is 20.1 Å². The fourth-order valence-corrected chi connectivity index (χ4v) is 5.26. The summed E-state index contributed by atoms with van der Waals surface area (Å²) in [6.45, 7) is 5.07. The van der Waals surface area contributed by atoms with E-state index in [1.165, 1.54) is 13.0 Å². The predicted octanol–water partition coefficient (Wildman–Crippen LogP) is 3.55. The summed E-state index contributed by atoms with van der Waals surface area (Å²) in [4.78, 5) is 64.3. The lowest BCUT2D eigenvalue weighted by Crippen LogP contribution is -2.47. The first-order valence-corrected chi connectivity index (χ1v) is 13.9. The summed E-state index contributed by atoms with van der Waals surface area (Å²) < 4.78 is 50.9. The summed E-state index contributed by atoms with van der Waals surface area (Å²) in [6.07, 6.45) is -3.44. The molecule has 1 aromatic rings. The number of carbonyl (C=O) groups excluding carboxylic acids is 5. The molecule has 0 spiro atoms. The minimum Gasteiger partial charge on any atom is -0.454 e. The fourth-order valence-electron chi connectivity index (χ4n) is 5.26. The molecule has 2 fully saturated rings. The second-order valence-corrected chi connectivity index (χ2v) is 11.1. The maximum absolute atomic E-state index is 13.5. The van der Waals surface area contributed by atoms with Gasteiger partial charge in [-0.3, -0.25) is 19.2 Å². The molecule has 2 amide bonds. The van der Waals surface area contributed by atoms with Crippen LogP contribution in [0.4, 0.5) is 13.2 Å². The predicted molar refractivity (Wildman–Crippen MR) is 141 cm³/mol. The minimum atomic E-state index is -4.82. The van der Waals surface area contributed by atoms with Crippen LogP contribution in [-0.2, 0) is 34.8 Å². The van der Waals surface area contributed by atoms with E-state index in [1.807, 2.05) is 13.8 Å². The van der Waals surface area contributed by atoms with Crippen molar-refractivity contribution in [2.75, 3.05) is 19.8 Å². The maximum Gasteiger partial charge on any atom is 0.417 e. The van der Waals surface area contributed by atoms with E-state index < -0.39 is 65.6 Å². The highest BCUT2D eigenvalue weighted by molar-refractivity contribution is 5.97. The molecule has 2 N–H and O–H groups in total. The number of ketones is 2. The van der Waals surface area contributed by atoms with Gasteiger partial charge in [-0.15, -0.1) is 0 Å². The van der Waals surface area contributed by atoms with Crippen LogP contribution in [0.5, 0.6) is 0 Å². The molecule has 0 unspecified atom stereocenters. The van der Waals surface area contributed by atoms with E-state index in [2.05, 4.69) is 10.6 Å². The van der Waals surface area contributed by atoms with E-state index in [-0.39, 0.29) is 36.0 Å². The molecule has 41 heavy (non-hydrogen) atoms. The number of halogens is 3. The maximum atomic E-state index is 13.5. The third kappa shape index (κ3) is 8.85. The van der Waals surface area contributed by atoms with Crippen molar-refractivity contribution in [1.29, 1.82) is 0 Å². The van der Waals surface area contributed by atoms with Crippen molar-refractivity contribution in [2.24, 2.45) is 17.8 Å². The topological polar surface area (TPSA) is 128 Å². The number of aryl methyl sites for hydroxylation is 1. The van der Waals surface area contributed by atoms with Gasteiger partial charge in [-0.25, -0.2) is 4.79 Å². The van der Waals surface area contributed by atoms with Crippen LogP contribution in [0.2, 0.25) is 0 Å². The number of esters is 1. The Morgan fingerprint density at radius 1 is 1.17 bits per heavy atom. The largest absolute Gasteiger partial charge is 0.454 e. The number of hydrogen-bond donors (Lipinski definition) is 2. The second-order valence-electron chi connectivity index (χ2n) is 11.1. The Morgan fingerprint density at radius 2 is 1.90 bits per heavy atom. The third-order valence-electron chi connectivity index (χ3n) is 7.38. The number of carbonyl (C=O) groups is 5. The number of ether oxygens (including phenoxy) is 2. The van der Waals surface area contributed by atoms with E-state index >= 15 is 0 Å². The van der Waals surface area contributed by atoms with Gasteiger partial charge >= 0.3 is 12.1 Å². The third-order valence-corrected chi connectivity index (χ3v) is 7.38. The zero-order valence-electron chi connectivity index (χ0n) is 23.5. The summed E-state index contributed by atoms with van der Waals surface area (Å²) in [5.74, 6) is -4.46. The highest BCUT2D eigenvalue weighted by Gasteiger charge is 2.38. The Labute approximate surface area is 236 Å². The first-order chi connectivity index (χ1) is 19.3. The molecular formula is C29H37F3N2O7. The number of benzene rings is 1. The summed E-state index contributed by atoms with van der Waals surface area (Å²) >= 11 is 0. The van der Waals surface area contributed by atoms with E-state index in [9.17, 15) is 37.1 Å². The van der Waals surface area contributed by atoms with Gasteiger partial charge in [0.15, 0.2) is 18.2 Å². The van der Waals surface area contributed by atoms with Crippen molar-refractivity contribution in [2.45, 2.75) is 77.6 Å². The Morgan fingerprint density at radius 3 is 2.49 bits per heavy atom. The molecule has 9 nitrogen and oxygen atoms in total. The smallest absolute Gasteiger partial charge is 0.417 e. The van der Waals surface area contributed by atoms with Gasteiger partial charge in [-0.2, -0.15) is 13.2 Å². The molecule has 4 atom stereocenters. The molecule has 12 heteroatoms. The number of amides is 2. The summed E-state index contributed by atoms with van der Waals surface area (Å²) in [7, 11) is 0. The summed E-state index contributed by atoms with van der Waals surface area (Å²) in [5.41, 5.74) is -1.86. The van der Waals surface area contributed by atoms with Crippen LogP contribution in [0, 0.1) is 24.7 Å². The van der Waals surface area contributed by atoms with Gasteiger partial charge in [0.25, 0.3) is 0 Å². The van der Waals surface area contributed by atoms with E-state index in [0.717, 1.165) is 18.6 Å². The average molecular weight is 583 g/mol. The molecule has 0 aromatic heterocycles. The van der Waals surface area contributed by atoms with Gasteiger partial charge in [-0.05, 0) is 56.6 Å². The van der Waals surface area contributed by atoms with Crippen LogP contribution >= 0.6 is 0 Å². The minimum absolute atomic E-state index is 0.0252. The molecule has 0 saturated carbocycles. The van der Waals surface area contributed by atoms with Gasteiger partial charge in [-0.1, -0.05) is 26.0 Å². The van der Waals surface area contributed by atoms with Crippen LogP contribution < -0.4 is 10.6 Å². The highest BCUT2D eigenvalue weighted by atomic mass is 19.4. The van der Waals surface area contributed by atoms with Crippen molar-refractivity contribution in [3.63, 3.8) is 0 Å². The standard InChI is InChI=1S/C29H37F3N2O7/c1-16(2)12-19(14-22(35)24-8-5-11-40-24)27(38)34-21(13-18-9-10-33-26(18)37)23(36)15-41-28(39)25-17(3)6-4-7-20(25)29(30,31)32/h4,6-7,16,18-19,21,24H,5,8-15H2,1-3H3,(H,33,37)(H,34,38)/t18-,19+,21-,24+/m0/s1. The molecule has 0 bridgehead atoms. The SMILES string of the molecule is Cc1cccc(C(F)(F)F)c1C(=O)OCC(=O)[C@H](C[C@@H]1CCNC1=O)NC(=O)[C@@H](CC(=O)[C@H]1CCCO1)CC(C)C. The fraction of sp³-hybridized carbons (Fsp3) is 0.621. The van der Waals surface area contributed by atoms with Crippen molar-refractivity contribution in [3.05, 3.63) is 34.9 Å². The lowest BCUT2D eigenvalue weighted by molar-refractivity contribution is -0.138. The first-order valence-electron chi connectivity index (χ1n) is 13.9. The van der Waals surface area contributed by atoms with Crippen LogP contribution in [-0.4, -0.2) is 61.3 Å². The first kappa shape index (κ1) is 32.2. The number of Topliss-reactive ketones (excluding diaryl/α,β-unsaturated/α-hetero) is 2. The molecule has 0 radical (unpaired) electrons. The van der Waals surface area contributed by atoms with Gasteiger partial charge in [0.1, 0.15) is 6.10 Å². The number of nitrogens with one attached hydrogen (secondary N) is 2. The zero-order valence-corrected chi connectivity index (χ0v) is 23.5. The number of hydrogen-bond acceptors (Lipinski definition) is 7. The van der Waals surface area contributed by atoms with E-state index in [4.69, 9.17) is 9.47 Å². The van der Waals surface area contributed by atoms with Gasteiger partial charge in [0.05, 0.1) is 17.2 Å². The number of alkyl halides is 3. The van der Waals surface area contributed by atoms with Crippen LogP contribution in [0.1, 0.15) is 73.9 Å². The molecule has 2 aliphatic rings. The van der Waals surface area contributed by atoms with Crippen LogP contribution in [0.15, 0.2) is 18.2 Å². The Hall–Kier alpha value is -3.28. The van der Waals surface area contributed by atoms with Crippen LogP contribution in [0.25, 0.3) is 0 Å². The highest BCUT2D eigenvalue weighted by Crippen LogP contribution is 2.33. The molecule has 2 heterocycles. The Balaban J connectivity index is 1.75. The zero-order chi connectivity index (χ0) is 30.3. The molecule has 1 aromatic carbocycles.